The predicted octanol–water partition coefficient (Wildman–Crippen LogP) is 4.91. The molecule has 0 spiro atoms. The first-order chi connectivity index (χ1) is 26.2. The lowest BCUT2D eigenvalue weighted by Crippen LogP contribution is -2.19. The van der Waals surface area contributed by atoms with Crippen molar-refractivity contribution >= 4 is 12.2 Å². The van der Waals surface area contributed by atoms with E-state index in [9.17, 15) is 0 Å². The number of methoxy groups -OCH3 is 2. The summed E-state index contributed by atoms with van der Waals surface area (Å²) in [5.74, 6) is 1.49. The van der Waals surface area contributed by atoms with Crippen LogP contribution < -0.4 is 9.47 Å². The van der Waals surface area contributed by atoms with Crippen LogP contribution in [0.2, 0.25) is 0 Å². The van der Waals surface area contributed by atoms with Gasteiger partial charge in [0.25, 0.3) is 0 Å². The van der Waals surface area contributed by atoms with Gasteiger partial charge in [0.2, 0.25) is 0 Å². The highest BCUT2D eigenvalue weighted by Gasteiger charge is 2.19. The van der Waals surface area contributed by atoms with Crippen molar-refractivity contribution < 1.29 is 61.6 Å². The molecule has 0 radical (unpaired) electrons. The standard InChI is InChI=1S/C40H62O13/c1-5-35-7-10-37(11-8-35)51-31-28-48-24-23-47-26-27-50-34-40(53-30-14-42-4)38-33-36(6-2)9-12-39(38)52-32-29-49-25-22-46-21-20-45-19-18-44-17-16-43-15-13-41-3/h5-12,33,40H,1-2,13-32,34H2,3-4H3. The topological polar surface area (TPSA) is 120 Å². The van der Waals surface area contributed by atoms with Crippen LogP contribution in [-0.4, -0.2) is 153 Å². The maximum absolute atomic E-state index is 6.16. The summed E-state index contributed by atoms with van der Waals surface area (Å²) in [5.41, 5.74) is 2.85. The third-order valence-electron chi connectivity index (χ3n) is 7.25. The molecule has 0 amide bonds. The maximum Gasteiger partial charge on any atom is 0.125 e. The number of ether oxygens (including phenoxy) is 13. The molecule has 1 unspecified atom stereocenters. The van der Waals surface area contributed by atoms with Crippen molar-refractivity contribution in [2.75, 3.05) is 153 Å². The van der Waals surface area contributed by atoms with Gasteiger partial charge in [0, 0.05) is 19.8 Å². The number of hydrogen-bond donors (Lipinski definition) is 0. The van der Waals surface area contributed by atoms with Crippen molar-refractivity contribution in [1.82, 2.24) is 0 Å². The van der Waals surface area contributed by atoms with E-state index in [1.807, 2.05) is 42.5 Å². The number of rotatable bonds is 38. The van der Waals surface area contributed by atoms with Gasteiger partial charge < -0.3 is 61.6 Å². The molecule has 0 bridgehead atoms. The maximum atomic E-state index is 6.16. The van der Waals surface area contributed by atoms with Gasteiger partial charge >= 0.3 is 0 Å². The van der Waals surface area contributed by atoms with Crippen molar-refractivity contribution in [3.63, 3.8) is 0 Å². The van der Waals surface area contributed by atoms with Crippen LogP contribution in [0.25, 0.3) is 12.2 Å². The lowest BCUT2D eigenvalue weighted by Gasteiger charge is -2.22. The van der Waals surface area contributed by atoms with E-state index in [2.05, 4.69) is 13.2 Å². The fourth-order valence-electron chi connectivity index (χ4n) is 4.46. The van der Waals surface area contributed by atoms with E-state index in [1.54, 1.807) is 26.4 Å². The van der Waals surface area contributed by atoms with Gasteiger partial charge in [-0.1, -0.05) is 43.5 Å². The zero-order valence-corrected chi connectivity index (χ0v) is 31.8. The van der Waals surface area contributed by atoms with Crippen LogP contribution in [0.5, 0.6) is 11.5 Å². The van der Waals surface area contributed by atoms with Crippen LogP contribution in [0, 0.1) is 0 Å². The highest BCUT2D eigenvalue weighted by Crippen LogP contribution is 2.30. The molecule has 0 saturated heterocycles. The minimum Gasteiger partial charge on any atom is -0.491 e. The molecule has 0 N–H and O–H groups in total. The molecule has 0 aliphatic carbocycles. The molecule has 2 aromatic rings. The third-order valence-corrected chi connectivity index (χ3v) is 7.25. The second-order valence-corrected chi connectivity index (χ2v) is 11.2. The molecule has 0 saturated carbocycles. The van der Waals surface area contributed by atoms with Crippen LogP contribution in [-0.2, 0) is 52.1 Å². The molecule has 0 heterocycles. The van der Waals surface area contributed by atoms with Crippen LogP contribution in [0.15, 0.2) is 55.6 Å². The molecule has 0 aliphatic heterocycles. The average Bonchev–Trinajstić information content (AvgIpc) is 3.19. The molecule has 13 heteroatoms. The van der Waals surface area contributed by atoms with E-state index in [0.717, 1.165) is 22.4 Å². The molecular formula is C40H62O13. The second kappa shape index (κ2) is 33.6. The van der Waals surface area contributed by atoms with E-state index in [4.69, 9.17) is 61.6 Å². The highest BCUT2D eigenvalue weighted by molar-refractivity contribution is 5.52. The monoisotopic (exact) mass is 750 g/mol. The van der Waals surface area contributed by atoms with Gasteiger partial charge in [-0.3, -0.25) is 0 Å². The summed E-state index contributed by atoms with van der Waals surface area (Å²) in [6, 6.07) is 13.6. The van der Waals surface area contributed by atoms with E-state index in [1.165, 1.54) is 0 Å². The molecule has 2 rings (SSSR count). The summed E-state index contributed by atoms with van der Waals surface area (Å²) < 4.78 is 72.9. The molecule has 300 valence electrons. The summed E-state index contributed by atoms with van der Waals surface area (Å²) in [5, 5.41) is 0. The van der Waals surface area contributed by atoms with E-state index in [0.29, 0.717) is 144 Å². The largest absolute Gasteiger partial charge is 0.491 e. The Morgan fingerprint density at radius 2 is 0.868 bits per heavy atom. The summed E-state index contributed by atoms with van der Waals surface area (Å²) >= 11 is 0. The molecule has 53 heavy (non-hydrogen) atoms. The Kier molecular flexibility index (Phi) is 29.3. The quantitative estimate of drug-likeness (QED) is 0.0866. The molecule has 0 fully saturated rings. The zero-order chi connectivity index (χ0) is 37.9. The minimum atomic E-state index is -0.389. The van der Waals surface area contributed by atoms with Crippen molar-refractivity contribution in [2.45, 2.75) is 6.10 Å². The fraction of sp³-hybridized carbons (Fsp3) is 0.600. The van der Waals surface area contributed by atoms with Crippen molar-refractivity contribution in [3.05, 3.63) is 72.3 Å². The summed E-state index contributed by atoms with van der Waals surface area (Å²) in [4.78, 5) is 0. The molecule has 13 nitrogen and oxygen atoms in total. The number of benzene rings is 2. The van der Waals surface area contributed by atoms with Gasteiger partial charge in [-0.25, -0.2) is 0 Å². The minimum absolute atomic E-state index is 0.306. The fourth-order valence-corrected chi connectivity index (χ4v) is 4.46. The first-order valence-corrected chi connectivity index (χ1v) is 18.2. The first kappa shape index (κ1) is 46.2. The highest BCUT2D eigenvalue weighted by atomic mass is 16.6. The molecule has 2 aromatic carbocycles. The zero-order valence-electron chi connectivity index (χ0n) is 31.8. The predicted molar refractivity (Wildman–Crippen MR) is 203 cm³/mol. The van der Waals surface area contributed by atoms with Crippen molar-refractivity contribution in [3.8, 4) is 11.5 Å². The smallest absolute Gasteiger partial charge is 0.125 e. The number of hydrogen-bond acceptors (Lipinski definition) is 13. The second-order valence-electron chi connectivity index (χ2n) is 11.2. The Morgan fingerprint density at radius 3 is 1.36 bits per heavy atom. The van der Waals surface area contributed by atoms with Gasteiger partial charge in [-0.05, 0) is 35.4 Å². The normalized spacial score (nSPS) is 11.8. The van der Waals surface area contributed by atoms with E-state index in [-0.39, 0.29) is 6.10 Å². The van der Waals surface area contributed by atoms with Gasteiger partial charge in [0.15, 0.2) is 0 Å². The Balaban J connectivity index is 1.59. The lowest BCUT2D eigenvalue weighted by atomic mass is 10.0. The summed E-state index contributed by atoms with van der Waals surface area (Å²) in [7, 11) is 3.28. The van der Waals surface area contributed by atoms with Crippen LogP contribution in [0.4, 0.5) is 0 Å². The van der Waals surface area contributed by atoms with Crippen LogP contribution >= 0.6 is 0 Å². The molecule has 0 aromatic heterocycles. The van der Waals surface area contributed by atoms with Gasteiger partial charge in [0.1, 0.15) is 30.8 Å². The Labute approximate surface area is 316 Å². The van der Waals surface area contributed by atoms with Crippen molar-refractivity contribution in [2.24, 2.45) is 0 Å². The third kappa shape index (κ3) is 24.2. The average molecular weight is 751 g/mol. The van der Waals surface area contributed by atoms with Crippen LogP contribution in [0.3, 0.4) is 0 Å². The van der Waals surface area contributed by atoms with Gasteiger partial charge in [-0.2, -0.15) is 0 Å². The molecular weight excluding hydrogens is 688 g/mol. The van der Waals surface area contributed by atoms with Gasteiger partial charge in [-0.15, -0.1) is 0 Å². The van der Waals surface area contributed by atoms with Crippen molar-refractivity contribution in [1.29, 1.82) is 0 Å². The van der Waals surface area contributed by atoms with E-state index >= 15 is 0 Å². The van der Waals surface area contributed by atoms with Gasteiger partial charge in [0.05, 0.1) is 126 Å². The van der Waals surface area contributed by atoms with E-state index < -0.39 is 0 Å². The Morgan fingerprint density at radius 1 is 0.453 bits per heavy atom. The first-order valence-electron chi connectivity index (χ1n) is 18.2. The molecule has 1 atom stereocenters. The van der Waals surface area contributed by atoms with Crippen LogP contribution in [0.1, 0.15) is 22.8 Å². The lowest BCUT2D eigenvalue weighted by molar-refractivity contribution is -0.0492. The summed E-state index contributed by atoms with van der Waals surface area (Å²) in [6.07, 6.45) is 3.19. The molecule has 0 aliphatic rings. The summed E-state index contributed by atoms with van der Waals surface area (Å²) in [6.45, 7) is 17.4. The Bertz CT molecular complexity index is 1150. The SMILES string of the molecule is C=Cc1ccc(OCCOCCOCCOCC(OCCOC)c2cc(C=C)ccc2OCCOCCOCCOCCOCCOCCOC)cc1. The Hall–Kier alpha value is -2.92.